The molecule has 11 aromatic rings. The minimum absolute atomic E-state index is 0.574. The molecule has 5 nitrogen and oxygen atoms in total. The second-order valence-corrected chi connectivity index (χ2v) is 13.9. The van der Waals surface area contributed by atoms with Crippen LogP contribution in [0.3, 0.4) is 0 Å². The van der Waals surface area contributed by atoms with Crippen molar-refractivity contribution in [1.29, 1.82) is 0 Å². The predicted octanol–water partition coefficient (Wildman–Crippen LogP) is 13.7. The summed E-state index contributed by atoms with van der Waals surface area (Å²) in [6.45, 7) is 0. The maximum atomic E-state index is 6.84. The molecule has 0 unspecified atom stereocenters. The van der Waals surface area contributed by atoms with Gasteiger partial charge in [-0.15, -0.1) is 0 Å². The lowest BCUT2D eigenvalue weighted by molar-refractivity contribution is 0.665. The molecule has 5 heteroatoms. The molecule has 0 bridgehead atoms. The molecule has 0 aliphatic carbocycles. The normalized spacial score (nSPS) is 11.6. The molecule has 0 N–H and O–H groups in total. The van der Waals surface area contributed by atoms with Crippen LogP contribution in [-0.2, 0) is 0 Å². The number of nitrogens with zero attached hydrogens (tertiary/aromatic N) is 3. The number of fused-ring (bicyclic) bond motifs is 6. The third-order valence-electron chi connectivity index (χ3n) is 10.6. The SMILES string of the molecule is c1ccc(-c2ccc(-c3nc(-c4ccccc4)nc(-c4cccc5oc6c(-c7cc(-c8ccccc8)cc8c7oc7ccccc78)cccc6c45)n3)cc2)cc1. The first-order valence-electron chi connectivity index (χ1n) is 18.7. The van der Waals surface area contributed by atoms with Gasteiger partial charge in [0.2, 0.25) is 0 Å². The molecule has 0 fully saturated rings. The molecular weight excluding hydrogens is 687 g/mol. The standard InChI is InChI=1S/C51H31N3O2/c1-4-14-32(15-5-1)34-26-28-36(29-27-34)50-52-49(35-18-8-3-9-19-35)53-51(54-50)41-23-13-25-45-46(41)40-22-12-21-39(47(40)56-45)43-31-37(33-16-6-2-7-17-33)30-42-38-20-10-11-24-44(38)55-48(42)43/h1-31H. The average molecular weight is 718 g/mol. The van der Waals surface area contributed by atoms with E-state index >= 15 is 0 Å². The second kappa shape index (κ2) is 13.0. The molecule has 0 aliphatic heterocycles. The molecule has 0 saturated heterocycles. The average Bonchev–Trinajstić information content (AvgIpc) is 3.86. The Bertz CT molecular complexity index is 3220. The van der Waals surface area contributed by atoms with E-state index in [2.05, 4.69) is 121 Å². The molecule has 0 saturated carbocycles. The van der Waals surface area contributed by atoms with E-state index in [9.17, 15) is 0 Å². The summed E-state index contributed by atoms with van der Waals surface area (Å²) in [7, 11) is 0. The fourth-order valence-electron chi connectivity index (χ4n) is 7.85. The smallest absolute Gasteiger partial charge is 0.164 e. The first-order chi connectivity index (χ1) is 27.7. The summed E-state index contributed by atoms with van der Waals surface area (Å²) < 4.78 is 13.5. The van der Waals surface area contributed by atoms with Crippen LogP contribution in [0, 0.1) is 0 Å². The van der Waals surface area contributed by atoms with Crippen molar-refractivity contribution in [2.45, 2.75) is 0 Å². The second-order valence-electron chi connectivity index (χ2n) is 13.9. The number of aromatic nitrogens is 3. The van der Waals surface area contributed by atoms with Gasteiger partial charge in [0.15, 0.2) is 17.5 Å². The minimum Gasteiger partial charge on any atom is -0.455 e. The highest BCUT2D eigenvalue weighted by Gasteiger charge is 2.22. The van der Waals surface area contributed by atoms with Crippen molar-refractivity contribution in [2.24, 2.45) is 0 Å². The summed E-state index contributed by atoms with van der Waals surface area (Å²) in [6, 6.07) is 64.4. The number of rotatable bonds is 6. The van der Waals surface area contributed by atoms with E-state index in [1.54, 1.807) is 0 Å². The molecule has 56 heavy (non-hydrogen) atoms. The molecule has 0 aliphatic rings. The van der Waals surface area contributed by atoms with Gasteiger partial charge in [-0.05, 0) is 46.5 Å². The van der Waals surface area contributed by atoms with Gasteiger partial charge in [0.1, 0.15) is 22.3 Å². The Morgan fingerprint density at radius 2 is 0.768 bits per heavy atom. The zero-order valence-electron chi connectivity index (χ0n) is 30.1. The summed E-state index contributed by atoms with van der Waals surface area (Å²) in [6.07, 6.45) is 0. The van der Waals surface area contributed by atoms with Gasteiger partial charge in [0, 0.05) is 49.4 Å². The molecule has 8 aromatic carbocycles. The third-order valence-corrected chi connectivity index (χ3v) is 10.6. The Balaban J connectivity index is 1.12. The van der Waals surface area contributed by atoms with Crippen LogP contribution < -0.4 is 0 Å². The number of benzene rings is 8. The van der Waals surface area contributed by atoms with Crippen molar-refractivity contribution < 1.29 is 8.83 Å². The number of furan rings is 2. The Hall–Kier alpha value is -7.63. The van der Waals surface area contributed by atoms with Gasteiger partial charge < -0.3 is 8.83 Å². The van der Waals surface area contributed by atoms with Crippen LogP contribution in [0.4, 0.5) is 0 Å². The van der Waals surface area contributed by atoms with E-state index in [1.165, 1.54) is 0 Å². The van der Waals surface area contributed by atoms with Crippen molar-refractivity contribution >= 4 is 43.9 Å². The monoisotopic (exact) mass is 717 g/mol. The number of hydrogen-bond donors (Lipinski definition) is 0. The minimum atomic E-state index is 0.574. The maximum absolute atomic E-state index is 6.84. The van der Waals surface area contributed by atoms with Gasteiger partial charge >= 0.3 is 0 Å². The number of hydrogen-bond acceptors (Lipinski definition) is 5. The first-order valence-corrected chi connectivity index (χ1v) is 18.7. The van der Waals surface area contributed by atoms with Crippen molar-refractivity contribution in [1.82, 2.24) is 15.0 Å². The molecule has 0 atom stereocenters. The van der Waals surface area contributed by atoms with E-state index in [0.29, 0.717) is 17.5 Å². The van der Waals surface area contributed by atoms with Crippen LogP contribution in [0.25, 0.3) is 111 Å². The molecule has 262 valence electrons. The molecule has 11 rings (SSSR count). The molecular formula is C51H31N3O2. The lowest BCUT2D eigenvalue weighted by Gasteiger charge is -2.10. The van der Waals surface area contributed by atoms with Crippen LogP contribution in [0.15, 0.2) is 197 Å². The quantitative estimate of drug-likeness (QED) is 0.171. The van der Waals surface area contributed by atoms with E-state index < -0.39 is 0 Å². The third kappa shape index (κ3) is 5.37. The topological polar surface area (TPSA) is 65.0 Å². The molecule has 0 amide bonds. The van der Waals surface area contributed by atoms with E-state index in [1.807, 2.05) is 66.7 Å². The summed E-state index contributed by atoms with van der Waals surface area (Å²) >= 11 is 0. The van der Waals surface area contributed by atoms with Crippen LogP contribution in [0.5, 0.6) is 0 Å². The fourth-order valence-corrected chi connectivity index (χ4v) is 7.85. The summed E-state index contributed by atoms with van der Waals surface area (Å²) in [5.41, 5.74) is 12.3. The maximum Gasteiger partial charge on any atom is 0.164 e. The highest BCUT2D eigenvalue weighted by atomic mass is 16.3. The molecule has 0 radical (unpaired) electrons. The van der Waals surface area contributed by atoms with Crippen LogP contribution in [0.2, 0.25) is 0 Å². The number of para-hydroxylation sites is 2. The van der Waals surface area contributed by atoms with Crippen molar-refractivity contribution in [3.8, 4) is 67.5 Å². The van der Waals surface area contributed by atoms with Crippen molar-refractivity contribution in [3.63, 3.8) is 0 Å². The Morgan fingerprint density at radius 1 is 0.286 bits per heavy atom. The summed E-state index contributed by atoms with van der Waals surface area (Å²) in [5, 5.41) is 4.06. The fraction of sp³-hybridized carbons (Fsp3) is 0. The zero-order chi connectivity index (χ0) is 37.0. The Kier molecular flexibility index (Phi) is 7.42. The van der Waals surface area contributed by atoms with E-state index in [4.69, 9.17) is 23.8 Å². The van der Waals surface area contributed by atoms with Crippen molar-refractivity contribution in [2.75, 3.05) is 0 Å². The van der Waals surface area contributed by atoms with Crippen LogP contribution >= 0.6 is 0 Å². The zero-order valence-corrected chi connectivity index (χ0v) is 30.1. The highest BCUT2D eigenvalue weighted by Crippen LogP contribution is 2.45. The summed E-state index contributed by atoms with van der Waals surface area (Å²) in [5.74, 6) is 1.78. The van der Waals surface area contributed by atoms with Gasteiger partial charge in [-0.25, -0.2) is 15.0 Å². The lowest BCUT2D eigenvalue weighted by Crippen LogP contribution is -2.00. The molecule has 3 heterocycles. The predicted molar refractivity (Wildman–Crippen MR) is 227 cm³/mol. The van der Waals surface area contributed by atoms with Gasteiger partial charge in [0.05, 0.1) is 0 Å². The summed E-state index contributed by atoms with van der Waals surface area (Å²) in [4.78, 5) is 15.3. The first kappa shape index (κ1) is 31.9. The Morgan fingerprint density at radius 3 is 1.50 bits per heavy atom. The van der Waals surface area contributed by atoms with Gasteiger partial charge in [-0.3, -0.25) is 0 Å². The van der Waals surface area contributed by atoms with Crippen LogP contribution in [0.1, 0.15) is 0 Å². The highest BCUT2D eigenvalue weighted by molar-refractivity contribution is 6.18. The lowest BCUT2D eigenvalue weighted by atomic mass is 9.94. The molecule has 3 aromatic heterocycles. The molecule has 0 spiro atoms. The Labute approximate surface area is 322 Å². The van der Waals surface area contributed by atoms with Gasteiger partial charge in [-0.2, -0.15) is 0 Å². The van der Waals surface area contributed by atoms with E-state index in [0.717, 1.165) is 93.9 Å². The van der Waals surface area contributed by atoms with Gasteiger partial charge in [-0.1, -0.05) is 164 Å². The van der Waals surface area contributed by atoms with Crippen molar-refractivity contribution in [3.05, 3.63) is 188 Å². The van der Waals surface area contributed by atoms with E-state index in [-0.39, 0.29) is 0 Å². The van der Waals surface area contributed by atoms with Gasteiger partial charge in [0.25, 0.3) is 0 Å². The van der Waals surface area contributed by atoms with Crippen LogP contribution in [-0.4, -0.2) is 15.0 Å². The largest absolute Gasteiger partial charge is 0.455 e.